The van der Waals surface area contributed by atoms with E-state index < -0.39 is 5.72 Å². The summed E-state index contributed by atoms with van der Waals surface area (Å²) in [5.74, 6) is 5.91. The van der Waals surface area contributed by atoms with Crippen LogP contribution in [0.5, 0.6) is 0 Å². The average molecular weight is 308 g/mol. The molecule has 0 saturated heterocycles. The summed E-state index contributed by atoms with van der Waals surface area (Å²) < 4.78 is 0. The Morgan fingerprint density at radius 3 is 2.60 bits per heavy atom. The highest BCUT2D eigenvalue weighted by atomic mass is 35.5. The van der Waals surface area contributed by atoms with Crippen LogP contribution in [0.1, 0.15) is 11.1 Å². The lowest BCUT2D eigenvalue weighted by molar-refractivity contribution is -0.0372. The molecule has 3 rings (SSSR count). The van der Waals surface area contributed by atoms with E-state index in [0.29, 0.717) is 26.9 Å². The van der Waals surface area contributed by atoms with E-state index in [9.17, 15) is 5.11 Å². The number of hydrazine groups is 1. The Kier molecular flexibility index (Phi) is 3.18. The fourth-order valence-corrected chi connectivity index (χ4v) is 2.71. The molecule has 6 heteroatoms. The van der Waals surface area contributed by atoms with Gasteiger partial charge in [0.25, 0.3) is 0 Å². The molecular formula is C14H11Cl2N3O. The Bertz CT molecular complexity index is 705. The van der Waals surface area contributed by atoms with Crippen molar-refractivity contribution in [2.75, 3.05) is 0 Å². The van der Waals surface area contributed by atoms with Gasteiger partial charge in [-0.1, -0.05) is 41.4 Å². The molecule has 0 bridgehead atoms. The normalized spacial score (nSPS) is 20.9. The van der Waals surface area contributed by atoms with Crippen LogP contribution in [-0.2, 0) is 5.72 Å². The summed E-state index contributed by atoms with van der Waals surface area (Å²) in [7, 11) is 0. The Hall–Kier alpha value is -1.59. The van der Waals surface area contributed by atoms with Crippen molar-refractivity contribution in [3.63, 3.8) is 0 Å². The fraction of sp³-hybridized carbons (Fsp3) is 0.0714. The smallest absolute Gasteiger partial charge is 0.209 e. The van der Waals surface area contributed by atoms with Crippen molar-refractivity contribution >= 4 is 35.2 Å². The van der Waals surface area contributed by atoms with Gasteiger partial charge in [-0.2, -0.15) is 0 Å². The zero-order valence-electron chi connectivity index (χ0n) is 10.3. The quantitative estimate of drug-likeness (QED) is 0.796. The van der Waals surface area contributed by atoms with Gasteiger partial charge in [-0.3, -0.25) is 5.01 Å². The van der Waals surface area contributed by atoms with Crippen LogP contribution >= 0.6 is 23.2 Å². The number of aliphatic imine (C=N–C) groups is 1. The van der Waals surface area contributed by atoms with Crippen molar-refractivity contribution in [1.29, 1.82) is 0 Å². The molecule has 0 aromatic heterocycles. The monoisotopic (exact) mass is 307 g/mol. The second-order valence-electron chi connectivity index (χ2n) is 4.47. The maximum absolute atomic E-state index is 11.1. The van der Waals surface area contributed by atoms with Crippen LogP contribution in [0, 0.1) is 0 Å². The fourth-order valence-electron chi connectivity index (χ4n) is 2.28. The van der Waals surface area contributed by atoms with Crippen LogP contribution in [-0.4, -0.2) is 16.5 Å². The number of fused-ring (bicyclic) bond motifs is 1. The van der Waals surface area contributed by atoms with E-state index in [2.05, 4.69) is 4.99 Å². The highest BCUT2D eigenvalue weighted by Crippen LogP contribution is 2.42. The molecule has 0 radical (unpaired) electrons. The van der Waals surface area contributed by atoms with Crippen LogP contribution in [0.25, 0.3) is 0 Å². The molecule has 0 spiro atoms. The summed E-state index contributed by atoms with van der Waals surface area (Å²) in [5.41, 5.74) is -0.0548. The summed E-state index contributed by atoms with van der Waals surface area (Å²) in [5, 5.41) is 13.1. The number of hydrogen-bond donors (Lipinski definition) is 2. The minimum absolute atomic E-state index is 0.409. The molecule has 3 N–H and O–H groups in total. The maximum Gasteiger partial charge on any atom is 0.209 e. The Balaban J connectivity index is 2.30. The van der Waals surface area contributed by atoms with Gasteiger partial charge in [-0.05, 0) is 24.3 Å². The lowest BCUT2D eigenvalue weighted by Gasteiger charge is -2.39. The first-order valence-corrected chi connectivity index (χ1v) is 6.64. The average Bonchev–Trinajstić information content (AvgIpc) is 2.44. The minimum Gasteiger partial charge on any atom is -0.362 e. The molecular weight excluding hydrogens is 297 g/mol. The standard InChI is InChI=1S/C14H11Cl2N3O/c15-9-5-6-13-11(7-9)14(20,19(17)8-18-13)10-3-1-2-4-12(10)16/h1-8,20H,17H2. The third-order valence-electron chi connectivity index (χ3n) is 3.28. The van der Waals surface area contributed by atoms with Crippen molar-refractivity contribution in [2.24, 2.45) is 10.8 Å². The molecule has 1 heterocycles. The van der Waals surface area contributed by atoms with Crippen LogP contribution in [0.3, 0.4) is 0 Å². The second kappa shape index (κ2) is 4.75. The van der Waals surface area contributed by atoms with E-state index in [4.69, 9.17) is 29.0 Å². The van der Waals surface area contributed by atoms with E-state index in [-0.39, 0.29) is 0 Å². The zero-order chi connectivity index (χ0) is 14.3. The van der Waals surface area contributed by atoms with Crippen LogP contribution < -0.4 is 5.84 Å². The first-order chi connectivity index (χ1) is 9.53. The minimum atomic E-state index is -1.61. The third kappa shape index (κ3) is 1.89. The van der Waals surface area contributed by atoms with Crippen molar-refractivity contribution < 1.29 is 5.11 Å². The Morgan fingerprint density at radius 2 is 1.85 bits per heavy atom. The summed E-state index contributed by atoms with van der Waals surface area (Å²) in [6.45, 7) is 0. The number of benzene rings is 2. The van der Waals surface area contributed by atoms with Crippen molar-refractivity contribution in [3.05, 3.63) is 63.6 Å². The predicted molar refractivity (Wildman–Crippen MR) is 80.1 cm³/mol. The van der Waals surface area contributed by atoms with Gasteiger partial charge in [-0.15, -0.1) is 0 Å². The highest BCUT2D eigenvalue weighted by molar-refractivity contribution is 6.31. The molecule has 2 aromatic rings. The first kappa shape index (κ1) is 13.4. The highest BCUT2D eigenvalue weighted by Gasteiger charge is 2.41. The summed E-state index contributed by atoms with van der Waals surface area (Å²) in [6.07, 6.45) is 1.36. The van der Waals surface area contributed by atoms with Crippen molar-refractivity contribution in [3.8, 4) is 0 Å². The zero-order valence-corrected chi connectivity index (χ0v) is 11.8. The van der Waals surface area contributed by atoms with Crippen LogP contribution in [0.4, 0.5) is 5.69 Å². The van der Waals surface area contributed by atoms with Gasteiger partial charge in [0.2, 0.25) is 5.72 Å². The molecule has 0 saturated carbocycles. The molecule has 1 aliphatic heterocycles. The van der Waals surface area contributed by atoms with E-state index in [1.54, 1.807) is 42.5 Å². The maximum atomic E-state index is 11.1. The second-order valence-corrected chi connectivity index (χ2v) is 5.31. The molecule has 1 unspecified atom stereocenters. The lowest BCUT2D eigenvalue weighted by atomic mass is 9.91. The van der Waals surface area contributed by atoms with Gasteiger partial charge < -0.3 is 5.11 Å². The summed E-state index contributed by atoms with van der Waals surface area (Å²) in [4.78, 5) is 4.18. The number of halogens is 2. The molecule has 20 heavy (non-hydrogen) atoms. The largest absolute Gasteiger partial charge is 0.362 e. The molecule has 1 atom stereocenters. The number of rotatable bonds is 1. The van der Waals surface area contributed by atoms with Gasteiger partial charge >= 0.3 is 0 Å². The van der Waals surface area contributed by atoms with Gasteiger partial charge in [0.05, 0.1) is 5.69 Å². The van der Waals surface area contributed by atoms with E-state index in [1.807, 2.05) is 0 Å². The molecule has 0 fully saturated rings. The number of aliphatic hydroxyl groups is 1. The van der Waals surface area contributed by atoms with Crippen LogP contribution in [0.15, 0.2) is 47.5 Å². The van der Waals surface area contributed by atoms with E-state index in [1.165, 1.54) is 6.34 Å². The third-order valence-corrected chi connectivity index (χ3v) is 3.84. The van der Waals surface area contributed by atoms with E-state index in [0.717, 1.165) is 5.01 Å². The molecule has 4 nitrogen and oxygen atoms in total. The van der Waals surface area contributed by atoms with Gasteiger partial charge in [0.15, 0.2) is 0 Å². The molecule has 0 amide bonds. The van der Waals surface area contributed by atoms with E-state index >= 15 is 0 Å². The SMILES string of the molecule is NN1C=Nc2ccc(Cl)cc2C1(O)c1ccccc1Cl. The molecule has 0 aliphatic carbocycles. The number of nitrogens with zero attached hydrogens (tertiary/aromatic N) is 2. The lowest BCUT2D eigenvalue weighted by Crippen LogP contribution is -2.52. The number of nitrogens with two attached hydrogens (primary N) is 1. The van der Waals surface area contributed by atoms with Crippen molar-refractivity contribution in [1.82, 2.24) is 5.01 Å². The topological polar surface area (TPSA) is 61.8 Å². The Labute approximate surface area is 126 Å². The van der Waals surface area contributed by atoms with Gasteiger partial charge in [-0.25, -0.2) is 10.8 Å². The molecule has 1 aliphatic rings. The van der Waals surface area contributed by atoms with Gasteiger partial charge in [0, 0.05) is 21.2 Å². The summed E-state index contributed by atoms with van der Waals surface area (Å²) >= 11 is 12.2. The molecule has 2 aromatic carbocycles. The summed E-state index contributed by atoms with van der Waals surface area (Å²) in [6, 6.07) is 12.0. The number of hydrogen-bond acceptors (Lipinski definition) is 4. The van der Waals surface area contributed by atoms with Crippen LogP contribution in [0.2, 0.25) is 10.0 Å². The van der Waals surface area contributed by atoms with Gasteiger partial charge in [0.1, 0.15) is 6.34 Å². The van der Waals surface area contributed by atoms with Crippen molar-refractivity contribution in [2.45, 2.75) is 5.72 Å². The molecule has 102 valence electrons. The predicted octanol–water partition coefficient (Wildman–Crippen LogP) is 3.04. The first-order valence-electron chi connectivity index (χ1n) is 5.89. The Morgan fingerprint density at radius 1 is 1.10 bits per heavy atom.